The summed E-state index contributed by atoms with van der Waals surface area (Å²) in [6.07, 6.45) is 6.84. The average molecular weight is 937 g/mol. The molecule has 2 saturated carbocycles. The number of nitrogens with zero attached hydrogens (tertiary/aromatic N) is 7. The van der Waals surface area contributed by atoms with E-state index in [1.54, 1.807) is 29.5 Å². The Bertz CT molecular complexity index is 2970. The number of aromatic amines is 1. The number of thiazole rings is 1. The van der Waals surface area contributed by atoms with Gasteiger partial charge in [0.25, 0.3) is 5.56 Å². The van der Waals surface area contributed by atoms with Crippen molar-refractivity contribution in [2.24, 2.45) is 16.7 Å². The molecule has 16 nitrogen and oxygen atoms in total. The SMILES string of the molecule is Cc1ncsc1-c1ccc([C@H](C)NC(=O)[C@@H]2C[C@@H](O)CN2C(=O)[C@@H](NC(=O)[C@H]2CC3(C2)C[C@H](c2cnc(N4CCc5c(c6cc(-c7ccccc7O)nnc6[nH]c5=O)C4)nc2)C3)C(C)(C)C)cc1. The highest BCUT2D eigenvalue weighted by Crippen LogP contribution is 2.64. The van der Waals surface area contributed by atoms with E-state index in [1.807, 2.05) is 88.9 Å². The molecule has 10 rings (SSSR count). The molecule has 6 aromatic rings. The van der Waals surface area contributed by atoms with Crippen molar-refractivity contribution in [1.29, 1.82) is 0 Å². The van der Waals surface area contributed by atoms with Crippen molar-refractivity contribution in [1.82, 2.24) is 45.7 Å². The number of amides is 3. The highest BCUT2D eigenvalue weighted by molar-refractivity contribution is 7.13. The Labute approximate surface area is 397 Å². The molecule has 17 heteroatoms. The van der Waals surface area contributed by atoms with Gasteiger partial charge in [0.15, 0.2) is 5.65 Å². The van der Waals surface area contributed by atoms with E-state index in [2.05, 4.69) is 35.7 Å². The second-order valence-corrected chi connectivity index (χ2v) is 21.3. The van der Waals surface area contributed by atoms with Crippen LogP contribution in [0.5, 0.6) is 5.75 Å². The van der Waals surface area contributed by atoms with Gasteiger partial charge in [-0.05, 0) is 103 Å². The minimum atomic E-state index is -0.889. The van der Waals surface area contributed by atoms with Crippen LogP contribution in [-0.2, 0) is 27.3 Å². The van der Waals surface area contributed by atoms with E-state index in [4.69, 9.17) is 9.97 Å². The molecule has 2 aliphatic carbocycles. The normalized spacial score (nSPS) is 23.1. The van der Waals surface area contributed by atoms with Crippen LogP contribution < -0.4 is 21.1 Å². The van der Waals surface area contributed by atoms with Crippen LogP contribution in [0.2, 0.25) is 0 Å². The number of rotatable bonds is 10. The first-order valence-corrected chi connectivity index (χ1v) is 24.3. The zero-order chi connectivity index (χ0) is 47.6. The first-order valence-electron chi connectivity index (χ1n) is 23.4. The molecule has 1 spiro atoms. The minimum absolute atomic E-state index is 0.0118. The van der Waals surface area contributed by atoms with Crippen LogP contribution in [0.15, 0.2) is 77.3 Å². The number of aromatic nitrogens is 6. The molecule has 2 aliphatic heterocycles. The molecule has 4 aliphatic rings. The predicted octanol–water partition coefficient (Wildman–Crippen LogP) is 6.12. The Morgan fingerprint density at radius 3 is 2.37 bits per heavy atom. The number of carbonyl (C=O) groups is 3. The molecule has 2 aromatic carbocycles. The quantitative estimate of drug-likeness (QED) is 0.105. The Balaban J connectivity index is 0.739. The average Bonchev–Trinajstić information content (AvgIpc) is 3.92. The fourth-order valence-electron chi connectivity index (χ4n) is 10.9. The van der Waals surface area contributed by atoms with Gasteiger partial charge in [0.05, 0.1) is 33.9 Å². The number of fused-ring (bicyclic) bond motifs is 3. The number of anilines is 1. The molecule has 0 bridgehead atoms. The van der Waals surface area contributed by atoms with Crippen LogP contribution in [0.3, 0.4) is 0 Å². The van der Waals surface area contributed by atoms with Gasteiger partial charge in [-0.1, -0.05) is 57.2 Å². The third-order valence-electron chi connectivity index (χ3n) is 14.7. The third kappa shape index (κ3) is 8.50. The van der Waals surface area contributed by atoms with Gasteiger partial charge in [-0.15, -0.1) is 21.5 Å². The van der Waals surface area contributed by atoms with E-state index in [0.717, 1.165) is 63.9 Å². The molecule has 0 unspecified atom stereocenters. The maximum atomic E-state index is 14.3. The maximum absolute atomic E-state index is 14.3. The van der Waals surface area contributed by atoms with Crippen LogP contribution in [0.4, 0.5) is 5.95 Å². The van der Waals surface area contributed by atoms with Gasteiger partial charge >= 0.3 is 0 Å². The van der Waals surface area contributed by atoms with Crippen LogP contribution in [0, 0.1) is 23.7 Å². The van der Waals surface area contributed by atoms with E-state index < -0.39 is 23.6 Å². The molecule has 4 aromatic heterocycles. The molecule has 68 heavy (non-hydrogen) atoms. The Hall–Kier alpha value is -6.59. The van der Waals surface area contributed by atoms with Crippen LogP contribution in [0.1, 0.15) is 99.7 Å². The Morgan fingerprint density at radius 2 is 1.68 bits per heavy atom. The molecule has 4 atom stereocenters. The zero-order valence-corrected chi connectivity index (χ0v) is 39.6. The number of likely N-dealkylation sites (tertiary alicyclic amines) is 1. The van der Waals surface area contributed by atoms with E-state index in [0.29, 0.717) is 47.9 Å². The van der Waals surface area contributed by atoms with Gasteiger partial charge in [-0.25, -0.2) is 15.0 Å². The third-order valence-corrected chi connectivity index (χ3v) is 15.7. The van der Waals surface area contributed by atoms with Crippen molar-refractivity contribution in [2.45, 2.75) is 110 Å². The Morgan fingerprint density at radius 1 is 0.941 bits per heavy atom. The number of β-amino-alcohol motifs (C(OH)–C–C–N with tert-alkyl or cyclic N) is 1. The number of hydrogen-bond acceptors (Lipinski definition) is 13. The number of hydrogen-bond donors (Lipinski definition) is 5. The van der Waals surface area contributed by atoms with Crippen molar-refractivity contribution in [3.8, 4) is 27.4 Å². The number of phenolic OH excluding ortho intramolecular Hbond substituents is 1. The van der Waals surface area contributed by atoms with Crippen molar-refractivity contribution in [3.05, 3.63) is 111 Å². The number of aromatic hydroxyl groups is 1. The van der Waals surface area contributed by atoms with Gasteiger partial charge in [0.1, 0.15) is 17.8 Å². The van der Waals surface area contributed by atoms with Crippen molar-refractivity contribution >= 4 is 46.0 Å². The lowest BCUT2D eigenvalue weighted by Crippen LogP contribution is -2.60. The van der Waals surface area contributed by atoms with Gasteiger partial charge in [0, 0.05) is 60.9 Å². The fraction of sp³-hybridized carbons (Fsp3) is 0.431. The van der Waals surface area contributed by atoms with Crippen LogP contribution >= 0.6 is 11.3 Å². The zero-order valence-electron chi connectivity index (χ0n) is 38.8. The van der Waals surface area contributed by atoms with E-state index in [1.165, 1.54) is 4.90 Å². The number of nitrogens with one attached hydrogen (secondary N) is 3. The summed E-state index contributed by atoms with van der Waals surface area (Å²) in [6, 6.07) is 14.7. The standard InChI is InChI=1S/C51H56N10O6S/c1-27(29-10-12-30(13-11-29)42-28(2)54-26-68-42)55-47(66)40-16-34(62)24-61(40)48(67)43(50(3,4)5)56-45(64)32-20-51(21-32)18-31(19-51)33-22-52-49(53-23-33)60-15-14-35-38(25-60)37-17-39(36-8-6-7-9-41(36)63)58-59-44(37)57-46(35)65/h6-13,17,22-23,26-27,31-32,34,40,43,62-63H,14-16,18-21,24-25H2,1-5H3,(H,55,66)(H,56,64)(H,57,59,65)/t27-,31-,32-,34+,40-,43+,51?/m0/s1. The van der Waals surface area contributed by atoms with Gasteiger partial charge in [-0.3, -0.25) is 19.2 Å². The summed E-state index contributed by atoms with van der Waals surface area (Å²) in [4.78, 5) is 76.4. The highest BCUT2D eigenvalue weighted by Gasteiger charge is 2.56. The highest BCUT2D eigenvalue weighted by atomic mass is 32.1. The van der Waals surface area contributed by atoms with E-state index in [9.17, 15) is 29.4 Å². The summed E-state index contributed by atoms with van der Waals surface area (Å²) in [5, 5.41) is 36.7. The summed E-state index contributed by atoms with van der Waals surface area (Å²) in [5.74, 6) is -0.165. The topological polar surface area (TPSA) is 220 Å². The molecule has 6 heterocycles. The monoisotopic (exact) mass is 936 g/mol. The number of aliphatic hydroxyl groups is 1. The summed E-state index contributed by atoms with van der Waals surface area (Å²) < 4.78 is 0. The number of H-pyrrole nitrogens is 1. The van der Waals surface area contributed by atoms with E-state index >= 15 is 0 Å². The summed E-state index contributed by atoms with van der Waals surface area (Å²) in [5.41, 5.74) is 7.99. The lowest BCUT2D eigenvalue weighted by atomic mass is 9.47. The number of phenols is 1. The Kier molecular flexibility index (Phi) is 11.6. The van der Waals surface area contributed by atoms with Crippen LogP contribution in [0.25, 0.3) is 32.7 Å². The number of aryl methyl sites for hydroxylation is 1. The number of benzene rings is 2. The lowest BCUT2D eigenvalue weighted by molar-refractivity contribution is -0.148. The van der Waals surface area contributed by atoms with Crippen molar-refractivity contribution < 1.29 is 24.6 Å². The van der Waals surface area contributed by atoms with Crippen molar-refractivity contribution in [3.63, 3.8) is 0 Å². The van der Waals surface area contributed by atoms with Gasteiger partial charge < -0.3 is 35.6 Å². The lowest BCUT2D eigenvalue weighted by Gasteiger charge is -2.57. The first-order chi connectivity index (χ1) is 32.5. The first kappa shape index (κ1) is 45.2. The van der Waals surface area contributed by atoms with Crippen molar-refractivity contribution in [2.75, 3.05) is 18.0 Å². The molecule has 0 radical (unpaired) electrons. The number of para-hydroxylation sites is 1. The predicted molar refractivity (Wildman–Crippen MR) is 258 cm³/mol. The second kappa shape index (κ2) is 17.5. The van der Waals surface area contributed by atoms with Crippen LogP contribution in [-0.4, -0.2) is 94.2 Å². The molecular formula is C51H56N10O6S. The summed E-state index contributed by atoms with van der Waals surface area (Å²) >= 11 is 1.58. The molecule has 5 N–H and O–H groups in total. The fourth-order valence-corrected chi connectivity index (χ4v) is 11.7. The minimum Gasteiger partial charge on any atom is -0.507 e. The molecule has 352 valence electrons. The summed E-state index contributed by atoms with van der Waals surface area (Å²) in [6.45, 7) is 10.6. The number of pyridine rings is 1. The molecule has 3 fully saturated rings. The summed E-state index contributed by atoms with van der Waals surface area (Å²) in [7, 11) is 0. The second-order valence-electron chi connectivity index (χ2n) is 20.4. The maximum Gasteiger partial charge on any atom is 0.253 e. The largest absolute Gasteiger partial charge is 0.507 e. The number of aliphatic hydroxyl groups excluding tert-OH is 1. The van der Waals surface area contributed by atoms with Gasteiger partial charge in [-0.2, -0.15) is 0 Å². The smallest absolute Gasteiger partial charge is 0.253 e. The molecule has 1 saturated heterocycles. The number of carbonyl (C=O) groups excluding carboxylic acids is 3. The molecular weight excluding hydrogens is 881 g/mol. The molecule has 3 amide bonds. The van der Waals surface area contributed by atoms with Gasteiger partial charge in [0.2, 0.25) is 23.7 Å². The van der Waals surface area contributed by atoms with E-state index in [-0.39, 0.29) is 65.3 Å².